The topological polar surface area (TPSA) is 42.0 Å². The van der Waals surface area contributed by atoms with Gasteiger partial charge < -0.3 is 19.3 Å². The van der Waals surface area contributed by atoms with Gasteiger partial charge in [0.25, 0.3) is 0 Å². The molecule has 5 nitrogen and oxygen atoms in total. The minimum absolute atomic E-state index is 0.0673. The Bertz CT molecular complexity index is 1160. The van der Waals surface area contributed by atoms with Crippen LogP contribution in [-0.4, -0.2) is 68.2 Å². The molecule has 0 aromatic heterocycles. The number of benzene rings is 2. The van der Waals surface area contributed by atoms with Crippen LogP contribution in [0.15, 0.2) is 83.2 Å². The van der Waals surface area contributed by atoms with E-state index in [1.807, 2.05) is 14.2 Å². The summed E-state index contributed by atoms with van der Waals surface area (Å²) in [6, 6.07) is 21.6. The molecule has 2 aliphatic carbocycles. The van der Waals surface area contributed by atoms with Gasteiger partial charge in [0.05, 0.1) is 24.0 Å². The molecule has 0 amide bonds. The predicted octanol–water partition coefficient (Wildman–Crippen LogP) is 7.22. The van der Waals surface area contributed by atoms with Crippen LogP contribution in [-0.2, 0) is 14.3 Å². The second-order valence-electron chi connectivity index (χ2n) is 12.6. The van der Waals surface area contributed by atoms with Crippen LogP contribution in [0.2, 0.25) is 0 Å². The molecule has 2 aromatic rings. The van der Waals surface area contributed by atoms with E-state index in [1.165, 1.54) is 61.0 Å². The Hall–Kier alpha value is -2.89. The molecule has 5 heteroatoms. The molecule has 6 rings (SSSR count). The average Bonchev–Trinajstić information content (AvgIpc) is 3.08. The van der Waals surface area contributed by atoms with Gasteiger partial charge in [0.15, 0.2) is 5.78 Å². The SMILES string of the molecule is COC1CCC(C(=O)C2=C(N3CCCCC3)C(c3ccccc3)C(OC)CC2)=C(N2CCCCC2)C1c1ccccc1. The molecular weight excluding hydrogens is 520 g/mol. The zero-order valence-electron chi connectivity index (χ0n) is 25.6. The molecule has 42 heavy (non-hydrogen) atoms. The lowest BCUT2D eigenvalue weighted by Crippen LogP contribution is -2.42. The maximum absolute atomic E-state index is 15.2. The van der Waals surface area contributed by atoms with E-state index in [0.29, 0.717) is 0 Å². The highest BCUT2D eigenvalue weighted by atomic mass is 16.5. The summed E-state index contributed by atoms with van der Waals surface area (Å²) in [4.78, 5) is 20.3. The van der Waals surface area contributed by atoms with Crippen molar-refractivity contribution in [1.29, 1.82) is 0 Å². The minimum atomic E-state index is 0.0673. The number of likely N-dealkylation sites (tertiary alicyclic amines) is 2. The number of ketones is 1. The number of piperidine rings is 2. The second kappa shape index (κ2) is 13.6. The number of carbonyl (C=O) groups excluding carboxylic acids is 1. The number of Topliss-reactive ketones (excluding diaryl/α,β-unsaturated/α-hetero) is 1. The first kappa shape index (κ1) is 29.2. The fourth-order valence-electron chi connectivity index (χ4n) is 8.15. The Morgan fingerprint density at radius 1 is 0.595 bits per heavy atom. The third-order valence-electron chi connectivity index (χ3n) is 10.2. The van der Waals surface area contributed by atoms with Gasteiger partial charge in [-0.05, 0) is 75.3 Å². The van der Waals surface area contributed by atoms with Gasteiger partial charge in [0, 0.05) is 62.9 Å². The molecule has 0 spiro atoms. The smallest absolute Gasteiger partial charge is 0.188 e. The molecule has 0 radical (unpaired) electrons. The summed E-state index contributed by atoms with van der Waals surface area (Å²) >= 11 is 0. The number of hydrogen-bond acceptors (Lipinski definition) is 5. The largest absolute Gasteiger partial charge is 0.380 e. The van der Waals surface area contributed by atoms with E-state index in [2.05, 4.69) is 70.5 Å². The van der Waals surface area contributed by atoms with Crippen LogP contribution in [0.25, 0.3) is 0 Å². The number of methoxy groups -OCH3 is 2. The van der Waals surface area contributed by atoms with Gasteiger partial charge in [-0.2, -0.15) is 0 Å². The van der Waals surface area contributed by atoms with E-state index in [9.17, 15) is 0 Å². The highest BCUT2D eigenvalue weighted by Gasteiger charge is 2.42. The summed E-state index contributed by atoms with van der Waals surface area (Å²) in [7, 11) is 3.68. The van der Waals surface area contributed by atoms with E-state index in [0.717, 1.165) is 63.0 Å². The van der Waals surface area contributed by atoms with Crippen molar-refractivity contribution in [3.05, 3.63) is 94.3 Å². The molecule has 0 N–H and O–H groups in total. The minimum Gasteiger partial charge on any atom is -0.380 e. The fraction of sp³-hybridized carbons (Fsp3) is 0.541. The summed E-state index contributed by atoms with van der Waals surface area (Å²) in [6.07, 6.45) is 10.6. The summed E-state index contributed by atoms with van der Waals surface area (Å²) in [5.74, 6) is 0.421. The number of nitrogens with zero attached hydrogens (tertiary/aromatic N) is 2. The molecule has 2 aromatic carbocycles. The molecule has 4 aliphatic rings. The molecule has 4 atom stereocenters. The Kier molecular flexibility index (Phi) is 9.46. The van der Waals surface area contributed by atoms with E-state index in [4.69, 9.17) is 9.47 Å². The first-order chi connectivity index (χ1) is 20.7. The monoisotopic (exact) mass is 568 g/mol. The van der Waals surface area contributed by atoms with E-state index >= 15 is 4.79 Å². The Morgan fingerprint density at radius 3 is 1.33 bits per heavy atom. The number of rotatable bonds is 8. The van der Waals surface area contributed by atoms with Gasteiger partial charge in [-0.25, -0.2) is 0 Å². The number of ether oxygens (including phenoxy) is 2. The summed E-state index contributed by atoms with van der Waals surface area (Å²) in [6.45, 7) is 4.06. The molecule has 2 fully saturated rings. The number of hydrogen-bond donors (Lipinski definition) is 0. The van der Waals surface area contributed by atoms with Gasteiger partial charge in [-0.3, -0.25) is 4.79 Å². The average molecular weight is 569 g/mol. The van der Waals surface area contributed by atoms with Crippen LogP contribution in [0.5, 0.6) is 0 Å². The van der Waals surface area contributed by atoms with Crippen molar-refractivity contribution in [2.45, 2.75) is 88.3 Å². The van der Waals surface area contributed by atoms with Crippen LogP contribution in [0, 0.1) is 0 Å². The molecule has 0 saturated carbocycles. The van der Waals surface area contributed by atoms with Gasteiger partial charge in [0.2, 0.25) is 0 Å². The van der Waals surface area contributed by atoms with Gasteiger partial charge >= 0.3 is 0 Å². The molecular formula is C37H48N2O3. The zero-order chi connectivity index (χ0) is 28.9. The molecule has 2 saturated heterocycles. The molecule has 4 unspecified atom stereocenters. The fourth-order valence-corrected chi connectivity index (χ4v) is 8.15. The molecule has 0 bridgehead atoms. The normalized spacial score (nSPS) is 27.4. The number of allylic oxidation sites excluding steroid dienone is 2. The Balaban J connectivity index is 1.52. The summed E-state index contributed by atoms with van der Waals surface area (Å²) in [5.41, 5.74) is 7.05. The standard InChI is InChI=1S/C37H48N2O3/c1-41-31-21-19-29(35(38-23-11-5-12-24-38)33(31)27-15-7-3-8-16-27)37(40)30-20-22-32(42-2)34(28-17-9-4-10-18-28)36(30)39-25-13-6-14-26-39/h3-4,7-10,15-18,31-34H,5-6,11-14,19-26H2,1-2H3. The van der Waals surface area contributed by atoms with Crippen molar-refractivity contribution in [3.8, 4) is 0 Å². The highest BCUT2D eigenvalue weighted by molar-refractivity contribution is 6.09. The van der Waals surface area contributed by atoms with E-state index < -0.39 is 0 Å². The van der Waals surface area contributed by atoms with Crippen LogP contribution in [0.3, 0.4) is 0 Å². The van der Waals surface area contributed by atoms with Crippen LogP contribution in [0.1, 0.15) is 87.2 Å². The number of carbonyl (C=O) groups is 1. The van der Waals surface area contributed by atoms with Gasteiger partial charge in [-0.1, -0.05) is 60.7 Å². The maximum Gasteiger partial charge on any atom is 0.188 e. The Morgan fingerprint density at radius 2 is 0.976 bits per heavy atom. The van der Waals surface area contributed by atoms with Crippen LogP contribution >= 0.6 is 0 Å². The quantitative estimate of drug-likeness (QED) is 0.336. The highest BCUT2D eigenvalue weighted by Crippen LogP contribution is 2.46. The van der Waals surface area contributed by atoms with Crippen molar-refractivity contribution in [2.24, 2.45) is 0 Å². The molecule has 2 aliphatic heterocycles. The first-order valence-corrected chi connectivity index (χ1v) is 16.4. The van der Waals surface area contributed by atoms with E-state index in [1.54, 1.807) is 0 Å². The van der Waals surface area contributed by atoms with E-state index in [-0.39, 0.29) is 29.8 Å². The molecule has 224 valence electrons. The third-order valence-corrected chi connectivity index (χ3v) is 10.2. The maximum atomic E-state index is 15.2. The molecule has 2 heterocycles. The van der Waals surface area contributed by atoms with Crippen molar-refractivity contribution in [3.63, 3.8) is 0 Å². The van der Waals surface area contributed by atoms with Crippen molar-refractivity contribution >= 4 is 5.78 Å². The van der Waals surface area contributed by atoms with Crippen LogP contribution < -0.4 is 0 Å². The van der Waals surface area contributed by atoms with Gasteiger partial charge in [0.1, 0.15) is 0 Å². The van der Waals surface area contributed by atoms with Crippen LogP contribution in [0.4, 0.5) is 0 Å². The Labute approximate surface area is 252 Å². The second-order valence-corrected chi connectivity index (χ2v) is 12.6. The van der Waals surface area contributed by atoms with Crippen molar-refractivity contribution in [2.75, 3.05) is 40.4 Å². The lowest BCUT2D eigenvalue weighted by molar-refractivity contribution is -0.113. The lowest BCUT2D eigenvalue weighted by atomic mass is 9.73. The van der Waals surface area contributed by atoms with Crippen molar-refractivity contribution in [1.82, 2.24) is 9.80 Å². The zero-order valence-corrected chi connectivity index (χ0v) is 25.6. The summed E-state index contributed by atoms with van der Waals surface area (Å²) < 4.78 is 12.3. The lowest BCUT2D eigenvalue weighted by Gasteiger charge is -2.44. The van der Waals surface area contributed by atoms with Crippen molar-refractivity contribution < 1.29 is 14.3 Å². The predicted molar refractivity (Wildman–Crippen MR) is 168 cm³/mol. The third kappa shape index (κ3) is 5.83. The summed E-state index contributed by atoms with van der Waals surface area (Å²) in [5, 5.41) is 0. The van der Waals surface area contributed by atoms with Gasteiger partial charge in [-0.15, -0.1) is 0 Å². The first-order valence-electron chi connectivity index (χ1n) is 16.4.